The largest absolute Gasteiger partial charge is 0.299 e. The zero-order valence-electron chi connectivity index (χ0n) is 11.7. The van der Waals surface area contributed by atoms with E-state index in [-0.39, 0.29) is 5.41 Å². The Morgan fingerprint density at radius 1 is 1.11 bits per heavy atom. The molecule has 1 heteroatoms. The van der Waals surface area contributed by atoms with Crippen molar-refractivity contribution in [2.24, 2.45) is 17.3 Å². The van der Waals surface area contributed by atoms with Crippen LogP contribution >= 0.6 is 0 Å². The lowest BCUT2D eigenvalue weighted by Gasteiger charge is -2.48. The first kappa shape index (κ1) is 11.7. The minimum absolute atomic E-state index is 0.0213. The Bertz CT molecular complexity index is 532. The van der Waals surface area contributed by atoms with Gasteiger partial charge >= 0.3 is 0 Å². The third-order valence-corrected chi connectivity index (χ3v) is 6.35. The van der Waals surface area contributed by atoms with Gasteiger partial charge in [-0.15, -0.1) is 0 Å². The second-order valence-electron chi connectivity index (χ2n) is 7.03. The molecule has 1 nitrogen and oxygen atoms in total. The summed E-state index contributed by atoms with van der Waals surface area (Å²) in [6.07, 6.45) is 6.85. The van der Waals surface area contributed by atoms with E-state index in [9.17, 15) is 4.79 Å². The fourth-order valence-electron chi connectivity index (χ4n) is 5.29. The highest BCUT2D eigenvalue weighted by molar-refractivity contribution is 5.87. The molecule has 4 atom stereocenters. The summed E-state index contributed by atoms with van der Waals surface area (Å²) in [4.78, 5) is 12.3. The molecule has 0 aromatic heterocycles. The summed E-state index contributed by atoms with van der Waals surface area (Å²) < 4.78 is 0. The molecule has 0 aliphatic heterocycles. The Morgan fingerprint density at radius 3 is 2.84 bits per heavy atom. The van der Waals surface area contributed by atoms with Crippen molar-refractivity contribution < 1.29 is 4.79 Å². The Morgan fingerprint density at radius 2 is 1.95 bits per heavy atom. The van der Waals surface area contributed by atoms with Crippen LogP contribution in [0.4, 0.5) is 0 Å². The van der Waals surface area contributed by atoms with E-state index >= 15 is 0 Å². The van der Waals surface area contributed by atoms with Gasteiger partial charge in [0.25, 0.3) is 0 Å². The average molecular weight is 254 g/mol. The standard InChI is InChI=1S/C18H22O/c1-18-11-10-14-13-5-3-2-4-12(13)6-7-15(14)16(18)8-9-17(18)19/h2-5,14-16H,6-11H2,1H3/t14?,15-,16?,18+/m1/s1. The molecule has 0 bridgehead atoms. The number of aryl methyl sites for hydroxylation is 1. The van der Waals surface area contributed by atoms with Crippen LogP contribution in [0, 0.1) is 17.3 Å². The molecule has 100 valence electrons. The lowest BCUT2D eigenvalue weighted by Crippen LogP contribution is -2.42. The van der Waals surface area contributed by atoms with Crippen LogP contribution < -0.4 is 0 Å². The van der Waals surface area contributed by atoms with E-state index in [4.69, 9.17) is 0 Å². The van der Waals surface area contributed by atoms with Gasteiger partial charge in [-0.25, -0.2) is 0 Å². The van der Waals surface area contributed by atoms with Gasteiger partial charge in [-0.2, -0.15) is 0 Å². The van der Waals surface area contributed by atoms with Crippen LogP contribution in [-0.4, -0.2) is 5.78 Å². The van der Waals surface area contributed by atoms with Crippen molar-refractivity contribution in [3.05, 3.63) is 35.4 Å². The van der Waals surface area contributed by atoms with Crippen LogP contribution in [-0.2, 0) is 11.2 Å². The van der Waals surface area contributed by atoms with Crippen molar-refractivity contribution in [3.8, 4) is 0 Å². The van der Waals surface area contributed by atoms with Crippen molar-refractivity contribution >= 4 is 5.78 Å². The first-order valence-corrected chi connectivity index (χ1v) is 7.81. The van der Waals surface area contributed by atoms with Gasteiger partial charge in [-0.05, 0) is 61.0 Å². The molecular weight excluding hydrogens is 232 g/mol. The maximum absolute atomic E-state index is 12.3. The van der Waals surface area contributed by atoms with Gasteiger partial charge in [0.1, 0.15) is 5.78 Å². The molecule has 1 aromatic carbocycles. The SMILES string of the molecule is C[C@]12CCC3c4ccccc4CC[C@H]3C1CCC2=O. The number of ketones is 1. The predicted molar refractivity (Wildman–Crippen MR) is 76.1 cm³/mol. The molecular formula is C18H22O. The summed E-state index contributed by atoms with van der Waals surface area (Å²) in [5.41, 5.74) is 3.19. The van der Waals surface area contributed by atoms with E-state index in [1.165, 1.54) is 19.3 Å². The zero-order valence-corrected chi connectivity index (χ0v) is 11.7. The normalized spacial score (nSPS) is 40.5. The Labute approximate surface area is 115 Å². The monoisotopic (exact) mass is 254 g/mol. The molecule has 3 aliphatic rings. The van der Waals surface area contributed by atoms with E-state index in [1.54, 1.807) is 11.1 Å². The average Bonchev–Trinajstić information content (AvgIpc) is 2.75. The Balaban J connectivity index is 1.74. The van der Waals surface area contributed by atoms with E-state index in [2.05, 4.69) is 31.2 Å². The highest BCUT2D eigenvalue weighted by atomic mass is 16.1. The summed E-state index contributed by atoms with van der Waals surface area (Å²) in [7, 11) is 0. The van der Waals surface area contributed by atoms with Crippen LogP contribution in [0.5, 0.6) is 0 Å². The molecule has 0 radical (unpaired) electrons. The Hall–Kier alpha value is -1.11. The first-order chi connectivity index (χ1) is 9.20. The molecule has 3 aliphatic carbocycles. The number of benzene rings is 1. The quantitative estimate of drug-likeness (QED) is 0.681. The fourth-order valence-corrected chi connectivity index (χ4v) is 5.29. The van der Waals surface area contributed by atoms with E-state index in [0.29, 0.717) is 11.7 Å². The summed E-state index contributed by atoms with van der Waals surface area (Å²) in [5.74, 6) is 2.70. The second-order valence-corrected chi connectivity index (χ2v) is 7.03. The van der Waals surface area contributed by atoms with Crippen LogP contribution in [0.2, 0.25) is 0 Å². The summed E-state index contributed by atoms with van der Waals surface area (Å²) in [6, 6.07) is 9.00. The minimum atomic E-state index is 0.0213. The van der Waals surface area contributed by atoms with Gasteiger partial charge in [0.05, 0.1) is 0 Å². The number of fused-ring (bicyclic) bond motifs is 5. The smallest absolute Gasteiger partial charge is 0.139 e. The van der Waals surface area contributed by atoms with Crippen LogP contribution in [0.3, 0.4) is 0 Å². The maximum Gasteiger partial charge on any atom is 0.139 e. The van der Waals surface area contributed by atoms with Gasteiger partial charge in [0.15, 0.2) is 0 Å². The summed E-state index contributed by atoms with van der Waals surface area (Å²) in [6.45, 7) is 2.25. The van der Waals surface area contributed by atoms with Crippen molar-refractivity contribution in [2.45, 2.75) is 51.4 Å². The topological polar surface area (TPSA) is 17.1 Å². The van der Waals surface area contributed by atoms with Gasteiger partial charge in [-0.3, -0.25) is 4.79 Å². The molecule has 0 saturated heterocycles. The lowest BCUT2D eigenvalue weighted by molar-refractivity contribution is -0.129. The number of carbonyl (C=O) groups excluding carboxylic acids is 1. The van der Waals surface area contributed by atoms with Crippen molar-refractivity contribution in [1.29, 1.82) is 0 Å². The van der Waals surface area contributed by atoms with Gasteiger partial charge in [0, 0.05) is 11.8 Å². The molecule has 0 N–H and O–H groups in total. The number of Topliss-reactive ketones (excluding diaryl/α,β-unsaturated/α-hetero) is 1. The first-order valence-electron chi connectivity index (χ1n) is 7.81. The second kappa shape index (κ2) is 3.94. The highest BCUT2D eigenvalue weighted by Gasteiger charge is 2.54. The number of rotatable bonds is 0. The molecule has 2 unspecified atom stereocenters. The third kappa shape index (κ3) is 1.50. The van der Waals surface area contributed by atoms with Crippen molar-refractivity contribution in [2.75, 3.05) is 0 Å². The lowest BCUT2D eigenvalue weighted by atomic mass is 9.55. The molecule has 19 heavy (non-hydrogen) atoms. The van der Waals surface area contributed by atoms with Crippen LogP contribution in [0.15, 0.2) is 24.3 Å². The molecule has 2 fully saturated rings. The molecule has 1 aromatic rings. The number of hydrogen-bond donors (Lipinski definition) is 0. The van der Waals surface area contributed by atoms with Gasteiger partial charge in [-0.1, -0.05) is 31.2 Å². The molecule has 0 amide bonds. The van der Waals surface area contributed by atoms with Crippen LogP contribution in [0.1, 0.15) is 56.1 Å². The Kier molecular flexibility index (Phi) is 2.43. The van der Waals surface area contributed by atoms with Gasteiger partial charge < -0.3 is 0 Å². The molecule has 4 rings (SSSR count). The van der Waals surface area contributed by atoms with E-state index in [0.717, 1.165) is 31.1 Å². The number of hydrogen-bond acceptors (Lipinski definition) is 1. The molecule has 2 saturated carbocycles. The minimum Gasteiger partial charge on any atom is -0.299 e. The van der Waals surface area contributed by atoms with Crippen molar-refractivity contribution in [3.63, 3.8) is 0 Å². The maximum atomic E-state index is 12.3. The number of carbonyl (C=O) groups is 1. The molecule has 0 spiro atoms. The van der Waals surface area contributed by atoms with Crippen LogP contribution in [0.25, 0.3) is 0 Å². The predicted octanol–water partition coefficient (Wildman–Crippen LogP) is 4.11. The zero-order chi connectivity index (χ0) is 13.0. The van der Waals surface area contributed by atoms with Crippen molar-refractivity contribution in [1.82, 2.24) is 0 Å². The highest BCUT2D eigenvalue weighted by Crippen LogP contribution is 2.59. The fraction of sp³-hybridized carbons (Fsp3) is 0.611. The van der Waals surface area contributed by atoms with E-state index < -0.39 is 0 Å². The van der Waals surface area contributed by atoms with Gasteiger partial charge in [0.2, 0.25) is 0 Å². The molecule has 0 heterocycles. The third-order valence-electron chi connectivity index (χ3n) is 6.35. The van der Waals surface area contributed by atoms with E-state index in [1.807, 2.05) is 0 Å². The summed E-state index contributed by atoms with van der Waals surface area (Å²) in [5, 5.41) is 0. The summed E-state index contributed by atoms with van der Waals surface area (Å²) >= 11 is 0.